The summed E-state index contributed by atoms with van der Waals surface area (Å²) in [6, 6.07) is 4.32. The molecule has 0 bridgehead atoms. The average molecular weight is 213 g/mol. The largest absolute Gasteiger partial charge is 0.396 e. The highest BCUT2D eigenvalue weighted by molar-refractivity contribution is 7.99. The normalized spacial score (nSPS) is 10.8. The SMILES string of the molecule is Cc1ccc(C)n1CCSCCCO. The van der Waals surface area contributed by atoms with Crippen molar-refractivity contribution in [3.8, 4) is 0 Å². The zero-order chi connectivity index (χ0) is 10.4. The Morgan fingerprint density at radius 1 is 1.21 bits per heavy atom. The van der Waals surface area contributed by atoms with Crippen LogP contribution in [0.5, 0.6) is 0 Å². The van der Waals surface area contributed by atoms with Crippen LogP contribution in [0.25, 0.3) is 0 Å². The van der Waals surface area contributed by atoms with Gasteiger partial charge in [-0.15, -0.1) is 0 Å². The van der Waals surface area contributed by atoms with Crippen LogP contribution in [0.15, 0.2) is 12.1 Å². The molecule has 0 atom stereocenters. The van der Waals surface area contributed by atoms with Gasteiger partial charge in [0.15, 0.2) is 0 Å². The van der Waals surface area contributed by atoms with E-state index in [4.69, 9.17) is 5.11 Å². The van der Waals surface area contributed by atoms with Crippen LogP contribution in [0.1, 0.15) is 17.8 Å². The Balaban J connectivity index is 2.24. The van der Waals surface area contributed by atoms with Gasteiger partial charge in [0.1, 0.15) is 0 Å². The molecule has 0 saturated carbocycles. The predicted octanol–water partition coefficient (Wildman–Crippen LogP) is 2.22. The van der Waals surface area contributed by atoms with Crippen LogP contribution < -0.4 is 0 Å². The number of aromatic nitrogens is 1. The molecule has 0 spiro atoms. The second-order valence-corrected chi connectivity index (χ2v) is 4.68. The Hall–Kier alpha value is -0.410. The Labute approximate surface area is 90.3 Å². The van der Waals surface area contributed by atoms with Gasteiger partial charge in [-0.05, 0) is 38.2 Å². The lowest BCUT2D eigenvalue weighted by atomic mass is 10.5. The lowest BCUT2D eigenvalue weighted by molar-refractivity contribution is 0.296. The number of nitrogens with zero attached hydrogens (tertiary/aromatic N) is 1. The summed E-state index contributed by atoms with van der Waals surface area (Å²) in [5, 5.41) is 8.62. The van der Waals surface area contributed by atoms with Gasteiger partial charge < -0.3 is 9.67 Å². The molecule has 1 aromatic heterocycles. The molecular formula is C11H19NOS. The minimum atomic E-state index is 0.314. The van der Waals surface area contributed by atoms with Gasteiger partial charge in [-0.25, -0.2) is 0 Å². The van der Waals surface area contributed by atoms with E-state index in [2.05, 4.69) is 30.5 Å². The Bertz CT molecular complexity index is 251. The van der Waals surface area contributed by atoms with Gasteiger partial charge in [-0.2, -0.15) is 11.8 Å². The van der Waals surface area contributed by atoms with E-state index in [1.807, 2.05) is 11.8 Å². The number of aliphatic hydroxyl groups excluding tert-OH is 1. The highest BCUT2D eigenvalue weighted by Gasteiger charge is 1.99. The zero-order valence-corrected chi connectivity index (χ0v) is 9.81. The molecule has 0 fully saturated rings. The summed E-state index contributed by atoms with van der Waals surface area (Å²) in [5.74, 6) is 2.20. The average Bonchev–Trinajstić information content (AvgIpc) is 2.48. The standard InChI is InChI=1S/C11H19NOS/c1-10-4-5-11(2)12(10)6-9-14-8-3-7-13/h4-5,13H,3,6-9H2,1-2H3. The lowest BCUT2D eigenvalue weighted by Gasteiger charge is -2.08. The molecule has 1 rings (SSSR count). The van der Waals surface area contributed by atoms with E-state index in [0.29, 0.717) is 6.61 Å². The van der Waals surface area contributed by atoms with Gasteiger partial charge in [0.05, 0.1) is 0 Å². The van der Waals surface area contributed by atoms with Crippen molar-refractivity contribution in [1.29, 1.82) is 0 Å². The van der Waals surface area contributed by atoms with Crippen LogP contribution in [0, 0.1) is 13.8 Å². The maximum absolute atomic E-state index is 8.62. The minimum Gasteiger partial charge on any atom is -0.396 e. The van der Waals surface area contributed by atoms with Crippen LogP contribution in [0.3, 0.4) is 0 Å². The Kier molecular flexibility index (Phi) is 5.12. The summed E-state index contributed by atoms with van der Waals surface area (Å²) in [7, 11) is 0. The fourth-order valence-corrected chi connectivity index (χ4v) is 2.33. The lowest BCUT2D eigenvalue weighted by Crippen LogP contribution is -2.04. The van der Waals surface area contributed by atoms with Crippen molar-refractivity contribution < 1.29 is 5.11 Å². The van der Waals surface area contributed by atoms with E-state index in [0.717, 1.165) is 24.5 Å². The molecule has 14 heavy (non-hydrogen) atoms. The first-order chi connectivity index (χ1) is 6.75. The Morgan fingerprint density at radius 3 is 2.43 bits per heavy atom. The molecular weight excluding hydrogens is 194 g/mol. The van der Waals surface area contributed by atoms with Gasteiger partial charge in [0, 0.05) is 30.3 Å². The first-order valence-corrected chi connectivity index (χ1v) is 6.22. The smallest absolute Gasteiger partial charge is 0.0438 e. The van der Waals surface area contributed by atoms with E-state index in [-0.39, 0.29) is 0 Å². The summed E-state index contributed by atoms with van der Waals surface area (Å²) in [4.78, 5) is 0. The van der Waals surface area contributed by atoms with Crippen molar-refractivity contribution >= 4 is 11.8 Å². The van der Waals surface area contributed by atoms with Crippen LogP contribution in [-0.4, -0.2) is 27.8 Å². The summed E-state index contributed by atoms with van der Waals surface area (Å²) >= 11 is 1.91. The van der Waals surface area contributed by atoms with Crippen LogP contribution in [0.4, 0.5) is 0 Å². The van der Waals surface area contributed by atoms with Crippen molar-refractivity contribution in [3.05, 3.63) is 23.5 Å². The van der Waals surface area contributed by atoms with E-state index in [1.54, 1.807) is 0 Å². The minimum absolute atomic E-state index is 0.314. The number of hydrogen-bond donors (Lipinski definition) is 1. The summed E-state index contributed by atoms with van der Waals surface area (Å²) in [5.41, 5.74) is 2.68. The Morgan fingerprint density at radius 2 is 1.86 bits per heavy atom. The van der Waals surface area contributed by atoms with Gasteiger partial charge in [-0.1, -0.05) is 0 Å². The third-order valence-corrected chi connectivity index (χ3v) is 3.37. The van der Waals surface area contributed by atoms with Crippen molar-refractivity contribution in [2.75, 3.05) is 18.1 Å². The maximum atomic E-state index is 8.62. The first kappa shape index (κ1) is 11.7. The fourth-order valence-electron chi connectivity index (χ4n) is 1.48. The molecule has 0 amide bonds. The van der Waals surface area contributed by atoms with E-state index >= 15 is 0 Å². The van der Waals surface area contributed by atoms with Crippen LogP contribution in [0.2, 0.25) is 0 Å². The van der Waals surface area contributed by atoms with Crippen molar-refractivity contribution in [3.63, 3.8) is 0 Å². The highest BCUT2D eigenvalue weighted by Crippen LogP contribution is 2.10. The molecule has 0 aliphatic rings. The van der Waals surface area contributed by atoms with E-state index < -0.39 is 0 Å². The molecule has 1 aromatic rings. The molecule has 2 nitrogen and oxygen atoms in total. The van der Waals surface area contributed by atoms with Crippen molar-refractivity contribution in [1.82, 2.24) is 4.57 Å². The quantitative estimate of drug-likeness (QED) is 0.733. The number of thioether (sulfide) groups is 1. The molecule has 0 aliphatic carbocycles. The van der Waals surface area contributed by atoms with Crippen LogP contribution >= 0.6 is 11.8 Å². The second-order valence-electron chi connectivity index (χ2n) is 3.46. The number of aryl methyl sites for hydroxylation is 2. The maximum Gasteiger partial charge on any atom is 0.0438 e. The summed E-state index contributed by atoms with van der Waals surface area (Å²) in [6.45, 7) is 5.69. The van der Waals surface area contributed by atoms with E-state index in [1.165, 1.54) is 11.4 Å². The third kappa shape index (κ3) is 3.39. The number of aliphatic hydroxyl groups is 1. The molecule has 1 N–H and O–H groups in total. The monoisotopic (exact) mass is 213 g/mol. The molecule has 80 valence electrons. The third-order valence-electron chi connectivity index (χ3n) is 2.32. The molecule has 3 heteroatoms. The molecule has 0 saturated heterocycles. The predicted molar refractivity (Wildman–Crippen MR) is 62.9 cm³/mol. The van der Waals surface area contributed by atoms with Gasteiger partial charge >= 0.3 is 0 Å². The molecule has 0 unspecified atom stereocenters. The highest BCUT2D eigenvalue weighted by atomic mass is 32.2. The zero-order valence-electron chi connectivity index (χ0n) is 8.99. The van der Waals surface area contributed by atoms with Crippen LogP contribution in [-0.2, 0) is 6.54 Å². The second kappa shape index (κ2) is 6.14. The summed E-state index contributed by atoms with van der Waals surface area (Å²) in [6.07, 6.45) is 0.911. The van der Waals surface area contributed by atoms with Crippen molar-refractivity contribution in [2.24, 2.45) is 0 Å². The molecule has 0 aromatic carbocycles. The fraction of sp³-hybridized carbons (Fsp3) is 0.636. The topological polar surface area (TPSA) is 25.2 Å². The molecule has 0 aliphatic heterocycles. The van der Waals surface area contributed by atoms with Gasteiger partial charge in [-0.3, -0.25) is 0 Å². The molecule has 1 heterocycles. The number of hydrogen-bond acceptors (Lipinski definition) is 2. The number of rotatable bonds is 6. The molecule has 0 radical (unpaired) electrons. The van der Waals surface area contributed by atoms with Crippen molar-refractivity contribution in [2.45, 2.75) is 26.8 Å². The van der Waals surface area contributed by atoms with Gasteiger partial charge in [0.2, 0.25) is 0 Å². The van der Waals surface area contributed by atoms with E-state index in [9.17, 15) is 0 Å². The van der Waals surface area contributed by atoms with Gasteiger partial charge in [0.25, 0.3) is 0 Å². The summed E-state index contributed by atoms with van der Waals surface area (Å²) < 4.78 is 2.34. The first-order valence-electron chi connectivity index (χ1n) is 5.07.